The van der Waals surface area contributed by atoms with Crippen molar-refractivity contribution in [3.8, 4) is 0 Å². The number of hydrogen-bond acceptors (Lipinski definition) is 5. The minimum absolute atomic E-state index is 0.0171. The maximum atomic E-state index is 12.6. The van der Waals surface area contributed by atoms with Gasteiger partial charge < -0.3 is 10.6 Å². The van der Waals surface area contributed by atoms with Crippen LogP contribution in [0.5, 0.6) is 0 Å². The number of carbonyl (C=O) groups is 2. The second-order valence-corrected chi connectivity index (χ2v) is 8.77. The number of fused-ring (bicyclic) bond motifs is 2. The van der Waals surface area contributed by atoms with Crippen LogP contribution in [0.15, 0.2) is 42.5 Å². The standard InChI is InChI=1S/C22H22N4O2S/c27-20(23-17-7-3-5-14-4-1-2-6-16(14)17)13-26-11-10-18-19(12-26)29-22(24-18)25-21(28)15-8-9-15/h1-7,15H,8-13H2,(H,23,27)(H,24,25,28). The van der Waals surface area contributed by atoms with E-state index >= 15 is 0 Å². The quantitative estimate of drug-likeness (QED) is 0.678. The summed E-state index contributed by atoms with van der Waals surface area (Å²) < 4.78 is 0. The molecule has 3 aromatic rings. The summed E-state index contributed by atoms with van der Waals surface area (Å²) in [7, 11) is 0. The third-order valence-electron chi connectivity index (χ3n) is 5.42. The lowest BCUT2D eigenvalue weighted by Gasteiger charge is -2.25. The lowest BCUT2D eigenvalue weighted by atomic mass is 10.1. The Morgan fingerprint density at radius 2 is 1.93 bits per heavy atom. The number of nitrogens with one attached hydrogen (secondary N) is 2. The SMILES string of the molecule is O=C(CN1CCc2nc(NC(=O)C3CC3)sc2C1)Nc1cccc2ccccc12. The molecule has 0 saturated heterocycles. The van der Waals surface area contributed by atoms with Gasteiger partial charge in [-0.3, -0.25) is 14.5 Å². The normalized spacial score (nSPS) is 16.4. The fourth-order valence-electron chi connectivity index (χ4n) is 3.72. The lowest BCUT2D eigenvalue weighted by Crippen LogP contribution is -2.36. The molecule has 5 rings (SSSR count). The molecule has 6 nitrogen and oxygen atoms in total. The number of thiazole rings is 1. The van der Waals surface area contributed by atoms with Crippen molar-refractivity contribution in [2.24, 2.45) is 5.92 Å². The van der Waals surface area contributed by atoms with Gasteiger partial charge in [0.05, 0.1) is 12.2 Å². The smallest absolute Gasteiger partial charge is 0.238 e. The third kappa shape index (κ3) is 4.02. The maximum Gasteiger partial charge on any atom is 0.238 e. The van der Waals surface area contributed by atoms with Crippen LogP contribution >= 0.6 is 11.3 Å². The van der Waals surface area contributed by atoms with Crippen LogP contribution in [0, 0.1) is 5.92 Å². The van der Waals surface area contributed by atoms with E-state index in [9.17, 15) is 9.59 Å². The highest BCUT2D eigenvalue weighted by Gasteiger charge is 2.31. The first-order valence-corrected chi connectivity index (χ1v) is 10.8. The number of hydrogen-bond donors (Lipinski definition) is 2. The summed E-state index contributed by atoms with van der Waals surface area (Å²) in [6, 6.07) is 14.0. The first-order chi connectivity index (χ1) is 14.2. The molecule has 148 valence electrons. The van der Waals surface area contributed by atoms with Crippen molar-refractivity contribution in [1.82, 2.24) is 9.88 Å². The molecule has 1 aliphatic carbocycles. The van der Waals surface area contributed by atoms with Crippen LogP contribution in [-0.2, 0) is 22.6 Å². The van der Waals surface area contributed by atoms with E-state index < -0.39 is 0 Å². The van der Waals surface area contributed by atoms with Gasteiger partial charge in [0, 0.05) is 41.4 Å². The molecule has 0 unspecified atom stereocenters. The molecule has 1 aromatic heterocycles. The van der Waals surface area contributed by atoms with Gasteiger partial charge in [-0.05, 0) is 24.3 Å². The largest absolute Gasteiger partial charge is 0.324 e. The fourth-order valence-corrected chi connectivity index (χ4v) is 4.77. The number of nitrogens with zero attached hydrogens (tertiary/aromatic N) is 2. The molecule has 2 heterocycles. The van der Waals surface area contributed by atoms with E-state index in [0.717, 1.165) is 52.8 Å². The Kier molecular flexibility index (Phi) is 4.77. The third-order valence-corrected chi connectivity index (χ3v) is 6.42. The number of amides is 2. The summed E-state index contributed by atoms with van der Waals surface area (Å²) in [5.74, 6) is 0.240. The molecule has 2 aliphatic rings. The first kappa shape index (κ1) is 18.3. The number of anilines is 2. The van der Waals surface area contributed by atoms with E-state index in [2.05, 4.69) is 20.5 Å². The number of aromatic nitrogens is 1. The molecule has 1 aliphatic heterocycles. The van der Waals surface area contributed by atoms with Crippen molar-refractivity contribution < 1.29 is 9.59 Å². The van der Waals surface area contributed by atoms with Crippen molar-refractivity contribution in [3.05, 3.63) is 53.0 Å². The number of carbonyl (C=O) groups excluding carboxylic acids is 2. The molecule has 0 bridgehead atoms. The van der Waals surface area contributed by atoms with Crippen LogP contribution in [0.4, 0.5) is 10.8 Å². The molecule has 1 fully saturated rings. The van der Waals surface area contributed by atoms with E-state index in [1.807, 2.05) is 42.5 Å². The van der Waals surface area contributed by atoms with Crippen molar-refractivity contribution in [2.45, 2.75) is 25.8 Å². The highest BCUT2D eigenvalue weighted by Crippen LogP contribution is 2.33. The molecule has 0 atom stereocenters. The zero-order valence-corrected chi connectivity index (χ0v) is 16.8. The summed E-state index contributed by atoms with van der Waals surface area (Å²) in [6.45, 7) is 1.81. The average molecular weight is 407 g/mol. The zero-order chi connectivity index (χ0) is 19.8. The molecule has 1 saturated carbocycles. The van der Waals surface area contributed by atoms with Crippen LogP contribution < -0.4 is 10.6 Å². The minimum atomic E-state index is -0.0171. The van der Waals surface area contributed by atoms with E-state index in [1.165, 1.54) is 11.3 Å². The molecule has 7 heteroatoms. The molecule has 2 amide bonds. The lowest BCUT2D eigenvalue weighted by molar-refractivity contribution is -0.118. The molecular formula is C22H22N4O2S. The van der Waals surface area contributed by atoms with Gasteiger partial charge in [0.1, 0.15) is 0 Å². The molecular weight excluding hydrogens is 384 g/mol. The van der Waals surface area contributed by atoms with Crippen LogP contribution in [0.25, 0.3) is 10.8 Å². The zero-order valence-electron chi connectivity index (χ0n) is 16.0. The Labute approximate surface area is 172 Å². The maximum absolute atomic E-state index is 12.6. The summed E-state index contributed by atoms with van der Waals surface area (Å²) in [5.41, 5.74) is 1.89. The Morgan fingerprint density at radius 3 is 2.79 bits per heavy atom. The Hall–Kier alpha value is -2.77. The van der Waals surface area contributed by atoms with Gasteiger partial charge in [0.15, 0.2) is 5.13 Å². The Balaban J connectivity index is 1.22. The predicted molar refractivity (Wildman–Crippen MR) is 115 cm³/mol. The molecule has 29 heavy (non-hydrogen) atoms. The van der Waals surface area contributed by atoms with Crippen LogP contribution in [0.2, 0.25) is 0 Å². The average Bonchev–Trinajstić information content (AvgIpc) is 3.49. The topological polar surface area (TPSA) is 74.3 Å². The molecule has 0 spiro atoms. The molecule has 2 aromatic carbocycles. The van der Waals surface area contributed by atoms with Crippen LogP contribution in [-0.4, -0.2) is 34.8 Å². The Morgan fingerprint density at radius 1 is 1.10 bits per heavy atom. The highest BCUT2D eigenvalue weighted by atomic mass is 32.1. The fraction of sp³-hybridized carbons (Fsp3) is 0.318. The van der Waals surface area contributed by atoms with E-state index in [1.54, 1.807) is 0 Å². The molecule has 2 N–H and O–H groups in total. The van der Waals surface area contributed by atoms with Gasteiger partial charge in [-0.2, -0.15) is 0 Å². The van der Waals surface area contributed by atoms with E-state index in [-0.39, 0.29) is 17.7 Å². The van der Waals surface area contributed by atoms with Gasteiger partial charge in [0.2, 0.25) is 11.8 Å². The van der Waals surface area contributed by atoms with Gasteiger partial charge in [-0.25, -0.2) is 4.98 Å². The van der Waals surface area contributed by atoms with Gasteiger partial charge in [-0.1, -0.05) is 36.4 Å². The van der Waals surface area contributed by atoms with Crippen molar-refractivity contribution >= 4 is 44.7 Å². The number of rotatable bonds is 5. The predicted octanol–water partition coefficient (Wildman–Crippen LogP) is 3.64. The van der Waals surface area contributed by atoms with Gasteiger partial charge in [-0.15, -0.1) is 11.3 Å². The number of benzene rings is 2. The van der Waals surface area contributed by atoms with Crippen molar-refractivity contribution in [1.29, 1.82) is 0 Å². The summed E-state index contributed by atoms with van der Waals surface area (Å²) >= 11 is 1.53. The van der Waals surface area contributed by atoms with Crippen molar-refractivity contribution in [3.63, 3.8) is 0 Å². The second kappa shape index (κ2) is 7.57. The van der Waals surface area contributed by atoms with Gasteiger partial charge >= 0.3 is 0 Å². The molecule has 0 radical (unpaired) electrons. The van der Waals surface area contributed by atoms with E-state index in [4.69, 9.17) is 0 Å². The summed E-state index contributed by atoms with van der Waals surface area (Å²) in [5, 5.41) is 8.84. The highest BCUT2D eigenvalue weighted by molar-refractivity contribution is 7.15. The second-order valence-electron chi connectivity index (χ2n) is 7.69. The monoisotopic (exact) mass is 406 g/mol. The Bertz CT molecular complexity index is 1080. The van der Waals surface area contributed by atoms with Gasteiger partial charge in [0.25, 0.3) is 0 Å². The summed E-state index contributed by atoms with van der Waals surface area (Å²) in [6.07, 6.45) is 2.76. The minimum Gasteiger partial charge on any atom is -0.324 e. The van der Waals surface area contributed by atoms with Crippen LogP contribution in [0.3, 0.4) is 0 Å². The van der Waals surface area contributed by atoms with Crippen LogP contribution in [0.1, 0.15) is 23.4 Å². The van der Waals surface area contributed by atoms with Crippen molar-refractivity contribution in [2.75, 3.05) is 23.7 Å². The summed E-state index contributed by atoms with van der Waals surface area (Å²) in [4.78, 5) is 32.5. The van der Waals surface area contributed by atoms with E-state index in [0.29, 0.717) is 18.2 Å². The first-order valence-electron chi connectivity index (χ1n) is 9.95.